The van der Waals surface area contributed by atoms with Crippen LogP contribution in [0, 0.1) is 5.82 Å². The first kappa shape index (κ1) is 19.9. The van der Waals surface area contributed by atoms with Crippen molar-refractivity contribution in [2.45, 2.75) is 18.6 Å². The third-order valence-corrected chi connectivity index (χ3v) is 4.43. The van der Waals surface area contributed by atoms with Crippen LogP contribution in [-0.4, -0.2) is 16.8 Å². The van der Waals surface area contributed by atoms with Crippen LogP contribution in [0.25, 0.3) is 0 Å². The van der Waals surface area contributed by atoms with Crippen molar-refractivity contribution in [1.82, 2.24) is 10.3 Å². The van der Waals surface area contributed by atoms with Crippen molar-refractivity contribution in [3.05, 3.63) is 70.1 Å². The predicted octanol–water partition coefficient (Wildman–Crippen LogP) is 3.62. The normalized spacial score (nSPS) is 17.3. The standard InChI is InChI=1S/C18H13F4N3O2S/c19-10-2-4-11(5-3-10)24-16(26)15-13(28)7-12(25-17(15)27)9-1-6-14(23-8-9)18(20,21)22/h1-6,8,12,28H,7H2,(H,24,26)(H,25,27). The maximum atomic E-state index is 12.9. The van der Waals surface area contributed by atoms with Crippen LogP contribution in [0.2, 0.25) is 0 Å². The number of thiol groups is 1. The van der Waals surface area contributed by atoms with Crippen molar-refractivity contribution in [3.8, 4) is 0 Å². The van der Waals surface area contributed by atoms with Gasteiger partial charge in [0, 0.05) is 23.2 Å². The third kappa shape index (κ3) is 4.33. The molecule has 1 unspecified atom stereocenters. The summed E-state index contributed by atoms with van der Waals surface area (Å²) < 4.78 is 50.8. The summed E-state index contributed by atoms with van der Waals surface area (Å²) in [6.07, 6.45) is -3.43. The Labute approximate surface area is 162 Å². The molecule has 0 radical (unpaired) electrons. The van der Waals surface area contributed by atoms with E-state index in [-0.39, 0.29) is 16.9 Å². The Bertz CT molecular complexity index is 941. The van der Waals surface area contributed by atoms with Gasteiger partial charge in [0.2, 0.25) is 0 Å². The van der Waals surface area contributed by atoms with E-state index in [1.807, 2.05) is 0 Å². The van der Waals surface area contributed by atoms with E-state index in [4.69, 9.17) is 0 Å². The Morgan fingerprint density at radius 1 is 1.18 bits per heavy atom. The van der Waals surface area contributed by atoms with Gasteiger partial charge in [0.1, 0.15) is 17.1 Å². The average molecular weight is 411 g/mol. The number of rotatable bonds is 3. The van der Waals surface area contributed by atoms with Gasteiger partial charge in [-0.15, -0.1) is 12.6 Å². The molecule has 0 bridgehead atoms. The summed E-state index contributed by atoms with van der Waals surface area (Å²) in [5, 5.41) is 5.03. The van der Waals surface area contributed by atoms with E-state index in [0.717, 1.165) is 24.4 Å². The first-order chi connectivity index (χ1) is 13.1. The smallest absolute Gasteiger partial charge is 0.345 e. The highest BCUT2D eigenvalue weighted by atomic mass is 32.1. The Morgan fingerprint density at radius 3 is 2.39 bits per heavy atom. The highest BCUT2D eigenvalue weighted by molar-refractivity contribution is 7.84. The summed E-state index contributed by atoms with van der Waals surface area (Å²) in [7, 11) is 0. The minimum absolute atomic E-state index is 0.105. The second-order valence-corrected chi connectivity index (χ2v) is 6.53. The van der Waals surface area contributed by atoms with E-state index in [9.17, 15) is 27.2 Å². The molecular weight excluding hydrogens is 398 g/mol. The number of benzene rings is 1. The minimum atomic E-state index is -4.56. The van der Waals surface area contributed by atoms with Gasteiger partial charge in [0.15, 0.2) is 0 Å². The molecule has 2 heterocycles. The van der Waals surface area contributed by atoms with Crippen LogP contribution < -0.4 is 10.6 Å². The maximum absolute atomic E-state index is 12.9. The highest BCUT2D eigenvalue weighted by Crippen LogP contribution is 2.32. The van der Waals surface area contributed by atoms with Gasteiger partial charge in [-0.3, -0.25) is 14.6 Å². The summed E-state index contributed by atoms with van der Waals surface area (Å²) in [5.74, 6) is -1.92. The number of alkyl halides is 3. The van der Waals surface area contributed by atoms with Crippen LogP contribution in [-0.2, 0) is 15.8 Å². The first-order valence-corrected chi connectivity index (χ1v) is 8.43. The molecule has 1 aliphatic heterocycles. The molecule has 28 heavy (non-hydrogen) atoms. The zero-order valence-electron chi connectivity index (χ0n) is 14.0. The molecule has 2 aromatic rings. The van der Waals surface area contributed by atoms with Gasteiger partial charge < -0.3 is 10.6 Å². The number of amides is 2. The molecule has 2 amide bonds. The molecule has 10 heteroatoms. The van der Waals surface area contributed by atoms with E-state index >= 15 is 0 Å². The third-order valence-electron chi connectivity index (χ3n) is 4.03. The minimum Gasteiger partial charge on any atom is -0.345 e. The number of hydrogen-bond donors (Lipinski definition) is 3. The fourth-order valence-electron chi connectivity index (χ4n) is 2.65. The SMILES string of the molecule is O=C(Nc1ccc(F)cc1)C1=C(S)CC(c2ccc(C(F)(F)F)nc2)NC1=O. The van der Waals surface area contributed by atoms with E-state index in [2.05, 4.69) is 28.2 Å². The Kier molecular flexibility index (Phi) is 5.41. The highest BCUT2D eigenvalue weighted by Gasteiger charge is 2.34. The zero-order chi connectivity index (χ0) is 20.5. The van der Waals surface area contributed by atoms with E-state index in [0.29, 0.717) is 11.3 Å². The van der Waals surface area contributed by atoms with Gasteiger partial charge in [0.25, 0.3) is 11.8 Å². The molecule has 1 aromatic heterocycles. The molecule has 3 rings (SSSR count). The maximum Gasteiger partial charge on any atom is 0.433 e. The lowest BCUT2D eigenvalue weighted by molar-refractivity contribution is -0.141. The van der Waals surface area contributed by atoms with E-state index < -0.39 is 35.5 Å². The monoisotopic (exact) mass is 411 g/mol. The number of pyridine rings is 1. The number of halogens is 4. The molecule has 146 valence electrons. The number of carbonyl (C=O) groups excluding carboxylic acids is 2. The quantitative estimate of drug-likeness (QED) is 0.411. The summed E-state index contributed by atoms with van der Waals surface area (Å²) in [4.78, 5) is 28.3. The molecular formula is C18H13F4N3O2S. The van der Waals surface area contributed by atoms with Gasteiger partial charge in [-0.25, -0.2) is 4.39 Å². The van der Waals surface area contributed by atoms with Crippen LogP contribution in [0.1, 0.15) is 23.7 Å². The molecule has 0 spiro atoms. The molecule has 0 saturated carbocycles. The zero-order valence-corrected chi connectivity index (χ0v) is 14.9. The summed E-state index contributed by atoms with van der Waals surface area (Å²) in [6.45, 7) is 0. The van der Waals surface area contributed by atoms with Gasteiger partial charge in [-0.2, -0.15) is 13.2 Å². The molecule has 5 nitrogen and oxygen atoms in total. The Balaban J connectivity index is 1.76. The number of aromatic nitrogens is 1. The number of nitrogens with one attached hydrogen (secondary N) is 2. The van der Waals surface area contributed by atoms with Gasteiger partial charge >= 0.3 is 6.18 Å². The second kappa shape index (κ2) is 7.63. The first-order valence-electron chi connectivity index (χ1n) is 7.98. The fraction of sp³-hybridized carbons (Fsp3) is 0.167. The Hall–Kier alpha value is -2.88. The van der Waals surface area contributed by atoms with E-state index in [1.54, 1.807) is 0 Å². The van der Waals surface area contributed by atoms with Crippen LogP contribution in [0.4, 0.5) is 23.2 Å². The lowest BCUT2D eigenvalue weighted by atomic mass is 9.98. The van der Waals surface area contributed by atoms with Crippen LogP contribution in [0.15, 0.2) is 53.1 Å². The summed E-state index contributed by atoms with van der Waals surface area (Å²) >= 11 is 4.21. The van der Waals surface area contributed by atoms with Crippen LogP contribution >= 0.6 is 12.6 Å². The topological polar surface area (TPSA) is 71.1 Å². The number of anilines is 1. The molecule has 0 saturated heterocycles. The van der Waals surface area contributed by atoms with E-state index in [1.165, 1.54) is 18.2 Å². The molecule has 1 aliphatic rings. The lowest BCUT2D eigenvalue weighted by Crippen LogP contribution is -2.38. The van der Waals surface area contributed by atoms with Crippen molar-refractivity contribution in [2.24, 2.45) is 0 Å². The van der Waals surface area contributed by atoms with Gasteiger partial charge in [-0.1, -0.05) is 6.07 Å². The fourth-order valence-corrected chi connectivity index (χ4v) is 3.03. The lowest BCUT2D eigenvalue weighted by Gasteiger charge is -2.26. The van der Waals surface area contributed by atoms with Crippen molar-refractivity contribution < 1.29 is 27.2 Å². The number of carbonyl (C=O) groups is 2. The van der Waals surface area contributed by atoms with Crippen molar-refractivity contribution in [3.63, 3.8) is 0 Å². The van der Waals surface area contributed by atoms with Gasteiger partial charge in [0.05, 0.1) is 6.04 Å². The summed E-state index contributed by atoms with van der Waals surface area (Å²) in [5.41, 5.74) is -0.615. The predicted molar refractivity (Wildman–Crippen MR) is 95.8 cm³/mol. The Morgan fingerprint density at radius 2 is 1.86 bits per heavy atom. The largest absolute Gasteiger partial charge is 0.433 e. The van der Waals surface area contributed by atoms with Crippen molar-refractivity contribution in [1.29, 1.82) is 0 Å². The van der Waals surface area contributed by atoms with Crippen molar-refractivity contribution in [2.75, 3.05) is 5.32 Å². The second-order valence-electron chi connectivity index (χ2n) is 5.99. The van der Waals surface area contributed by atoms with Crippen LogP contribution in [0.5, 0.6) is 0 Å². The number of hydrogen-bond acceptors (Lipinski definition) is 4. The molecule has 0 aliphatic carbocycles. The average Bonchev–Trinajstić information content (AvgIpc) is 2.62. The molecule has 1 atom stereocenters. The van der Waals surface area contributed by atoms with Crippen molar-refractivity contribution >= 4 is 30.1 Å². The molecule has 0 fully saturated rings. The number of nitrogens with zero attached hydrogens (tertiary/aromatic N) is 1. The van der Waals surface area contributed by atoms with Crippen LogP contribution in [0.3, 0.4) is 0 Å². The molecule has 1 aromatic carbocycles. The summed E-state index contributed by atoms with van der Waals surface area (Å²) in [6, 6.07) is 6.34. The van der Waals surface area contributed by atoms with Gasteiger partial charge in [-0.05, 0) is 35.9 Å². The molecule has 2 N–H and O–H groups in total.